The average Bonchev–Trinajstić information content (AvgIpc) is 2.86. The number of nitrogens with two attached hydrogens (primary N) is 1. The van der Waals surface area contributed by atoms with Crippen LogP contribution in [0.15, 0.2) is 18.2 Å². The molecule has 0 saturated carbocycles. The number of para-hydroxylation sites is 1. The predicted octanol–water partition coefficient (Wildman–Crippen LogP) is 1.07. The summed E-state index contributed by atoms with van der Waals surface area (Å²) in [7, 11) is 2.11. The van der Waals surface area contributed by atoms with Crippen LogP contribution in [0.5, 0.6) is 0 Å². The van der Waals surface area contributed by atoms with Crippen LogP contribution in [0.3, 0.4) is 0 Å². The maximum absolute atomic E-state index is 11.2. The Labute approximate surface area is 105 Å². The van der Waals surface area contributed by atoms with Gasteiger partial charge < -0.3 is 10.6 Å². The molecule has 2 saturated heterocycles. The van der Waals surface area contributed by atoms with Gasteiger partial charge in [-0.2, -0.15) is 0 Å². The van der Waals surface area contributed by atoms with Gasteiger partial charge >= 0.3 is 5.69 Å². The second-order valence-electron chi connectivity index (χ2n) is 5.11. The standard InChI is InChI=1S/C12H16N4O2/c1-14-6-9-5-8(14)7-15(9)11-4-2-3-10(13)12(11)16(17)18/h2-4,8-9H,5-7,13H2,1H3/t8-,9-/m1/s1. The molecule has 0 aromatic heterocycles. The zero-order valence-electron chi connectivity index (χ0n) is 10.2. The van der Waals surface area contributed by atoms with Crippen LogP contribution in [-0.4, -0.2) is 42.0 Å². The molecular formula is C12H16N4O2. The van der Waals surface area contributed by atoms with E-state index in [1.165, 1.54) is 0 Å². The Morgan fingerprint density at radius 2 is 2.17 bits per heavy atom. The van der Waals surface area contributed by atoms with Gasteiger partial charge in [0.2, 0.25) is 0 Å². The van der Waals surface area contributed by atoms with Crippen molar-refractivity contribution in [3.63, 3.8) is 0 Å². The molecule has 2 atom stereocenters. The summed E-state index contributed by atoms with van der Waals surface area (Å²) in [6.07, 6.45) is 1.09. The monoisotopic (exact) mass is 248 g/mol. The Bertz CT molecular complexity index is 503. The maximum atomic E-state index is 11.2. The summed E-state index contributed by atoms with van der Waals surface area (Å²) in [5, 5.41) is 11.2. The largest absolute Gasteiger partial charge is 0.393 e. The highest BCUT2D eigenvalue weighted by Gasteiger charge is 2.43. The molecule has 2 heterocycles. The summed E-state index contributed by atoms with van der Waals surface area (Å²) in [5.41, 5.74) is 6.70. The number of rotatable bonds is 2. The third-order valence-electron chi connectivity index (χ3n) is 4.05. The number of hydrogen-bond acceptors (Lipinski definition) is 5. The minimum absolute atomic E-state index is 0.0488. The van der Waals surface area contributed by atoms with Crippen molar-refractivity contribution in [2.45, 2.75) is 18.5 Å². The molecule has 0 unspecified atom stereocenters. The number of likely N-dealkylation sites (N-methyl/N-ethyl adjacent to an activating group) is 1. The highest BCUT2D eigenvalue weighted by molar-refractivity contribution is 5.76. The van der Waals surface area contributed by atoms with Gasteiger partial charge in [0.25, 0.3) is 0 Å². The van der Waals surface area contributed by atoms with Crippen molar-refractivity contribution >= 4 is 17.1 Å². The number of anilines is 2. The second-order valence-corrected chi connectivity index (χ2v) is 5.11. The quantitative estimate of drug-likeness (QED) is 0.481. The van der Waals surface area contributed by atoms with E-state index >= 15 is 0 Å². The first kappa shape index (κ1) is 11.3. The van der Waals surface area contributed by atoms with Gasteiger partial charge in [-0.25, -0.2) is 0 Å². The van der Waals surface area contributed by atoms with E-state index in [1.807, 2.05) is 0 Å². The number of nitrogens with zero attached hydrogens (tertiary/aromatic N) is 3. The molecule has 2 bridgehead atoms. The fraction of sp³-hybridized carbons (Fsp3) is 0.500. The van der Waals surface area contributed by atoms with Crippen molar-refractivity contribution in [1.82, 2.24) is 4.90 Å². The molecule has 6 heteroatoms. The third-order valence-corrected chi connectivity index (χ3v) is 4.05. The van der Waals surface area contributed by atoms with E-state index < -0.39 is 0 Å². The van der Waals surface area contributed by atoms with E-state index in [0.29, 0.717) is 17.8 Å². The minimum atomic E-state index is -0.375. The van der Waals surface area contributed by atoms with Gasteiger partial charge in [0, 0.05) is 25.2 Å². The topological polar surface area (TPSA) is 75.6 Å². The number of likely N-dealkylation sites (tertiary alicyclic amines) is 1. The number of piperazine rings is 1. The second kappa shape index (κ2) is 3.84. The normalized spacial score (nSPS) is 26.8. The number of nitro benzene ring substituents is 1. The van der Waals surface area contributed by atoms with Crippen molar-refractivity contribution in [2.75, 3.05) is 30.8 Å². The molecule has 2 fully saturated rings. The Hall–Kier alpha value is -1.82. The molecule has 3 rings (SSSR count). The van der Waals surface area contributed by atoms with Crippen molar-refractivity contribution in [3.05, 3.63) is 28.3 Å². The average molecular weight is 248 g/mol. The molecule has 6 nitrogen and oxygen atoms in total. The first-order valence-electron chi connectivity index (χ1n) is 6.07. The van der Waals surface area contributed by atoms with Gasteiger partial charge in [-0.3, -0.25) is 15.0 Å². The predicted molar refractivity (Wildman–Crippen MR) is 69.7 cm³/mol. The summed E-state index contributed by atoms with van der Waals surface area (Å²) >= 11 is 0. The zero-order chi connectivity index (χ0) is 12.9. The summed E-state index contributed by atoms with van der Waals surface area (Å²) in [4.78, 5) is 15.2. The van der Waals surface area contributed by atoms with E-state index in [4.69, 9.17) is 5.73 Å². The molecule has 0 spiro atoms. The van der Waals surface area contributed by atoms with E-state index in [2.05, 4.69) is 16.8 Å². The van der Waals surface area contributed by atoms with Crippen molar-refractivity contribution in [3.8, 4) is 0 Å². The maximum Gasteiger partial charge on any atom is 0.315 e. The van der Waals surface area contributed by atoms with Gasteiger partial charge in [0.05, 0.1) is 4.92 Å². The fourth-order valence-electron chi connectivity index (χ4n) is 3.14. The Morgan fingerprint density at radius 3 is 2.72 bits per heavy atom. The smallest absolute Gasteiger partial charge is 0.315 e. The molecule has 2 aliphatic rings. The summed E-state index contributed by atoms with van der Waals surface area (Å²) < 4.78 is 0. The lowest BCUT2D eigenvalue weighted by Gasteiger charge is -2.33. The van der Waals surface area contributed by atoms with Crippen molar-refractivity contribution < 1.29 is 4.92 Å². The molecule has 2 N–H and O–H groups in total. The number of nitrogen functional groups attached to an aromatic ring is 1. The molecule has 2 aliphatic heterocycles. The first-order valence-corrected chi connectivity index (χ1v) is 6.07. The first-order chi connectivity index (χ1) is 8.58. The molecule has 18 heavy (non-hydrogen) atoms. The van der Waals surface area contributed by atoms with Gasteiger partial charge in [0.15, 0.2) is 0 Å². The molecule has 1 aromatic carbocycles. The lowest BCUT2D eigenvalue weighted by Crippen LogP contribution is -2.44. The Balaban J connectivity index is 1.99. The number of fused-ring (bicyclic) bond motifs is 2. The van der Waals surface area contributed by atoms with Crippen LogP contribution >= 0.6 is 0 Å². The van der Waals surface area contributed by atoms with Crippen LogP contribution in [0.25, 0.3) is 0 Å². The molecule has 96 valence electrons. The van der Waals surface area contributed by atoms with E-state index in [0.717, 1.165) is 19.5 Å². The number of hydrogen-bond donors (Lipinski definition) is 1. The Morgan fingerprint density at radius 1 is 1.39 bits per heavy atom. The molecule has 0 radical (unpaired) electrons. The third kappa shape index (κ3) is 1.53. The number of benzene rings is 1. The zero-order valence-corrected chi connectivity index (χ0v) is 10.2. The number of nitro groups is 1. The summed E-state index contributed by atoms with van der Waals surface area (Å²) in [6, 6.07) is 6.06. The molecule has 0 amide bonds. The van der Waals surface area contributed by atoms with Crippen LogP contribution in [0, 0.1) is 10.1 Å². The SMILES string of the molecule is CN1C[C@H]2C[C@@H]1CN2c1cccc(N)c1[N+](=O)[O-]. The lowest BCUT2D eigenvalue weighted by molar-refractivity contribution is -0.383. The van der Waals surface area contributed by atoms with Gasteiger partial charge in [-0.15, -0.1) is 0 Å². The fourth-order valence-corrected chi connectivity index (χ4v) is 3.14. The van der Waals surface area contributed by atoms with Crippen LogP contribution in [0.4, 0.5) is 17.1 Å². The minimum Gasteiger partial charge on any atom is -0.393 e. The van der Waals surface area contributed by atoms with Gasteiger partial charge in [-0.05, 0) is 25.6 Å². The Kier molecular flexibility index (Phi) is 2.41. The van der Waals surface area contributed by atoms with Crippen LogP contribution in [0.1, 0.15) is 6.42 Å². The van der Waals surface area contributed by atoms with Crippen molar-refractivity contribution in [2.24, 2.45) is 0 Å². The van der Waals surface area contributed by atoms with E-state index in [9.17, 15) is 10.1 Å². The van der Waals surface area contributed by atoms with Gasteiger partial charge in [-0.1, -0.05) is 6.07 Å². The summed E-state index contributed by atoms with van der Waals surface area (Å²) in [6.45, 7) is 1.82. The molecular weight excluding hydrogens is 232 g/mol. The van der Waals surface area contributed by atoms with E-state index in [-0.39, 0.29) is 16.3 Å². The highest BCUT2D eigenvalue weighted by Crippen LogP contribution is 2.40. The van der Waals surface area contributed by atoms with Crippen LogP contribution < -0.4 is 10.6 Å². The highest BCUT2D eigenvalue weighted by atomic mass is 16.6. The van der Waals surface area contributed by atoms with Gasteiger partial charge in [0.1, 0.15) is 11.4 Å². The van der Waals surface area contributed by atoms with E-state index in [1.54, 1.807) is 18.2 Å². The van der Waals surface area contributed by atoms with Crippen LogP contribution in [0.2, 0.25) is 0 Å². The lowest BCUT2D eigenvalue weighted by atomic mass is 10.2. The summed E-state index contributed by atoms with van der Waals surface area (Å²) in [5.74, 6) is 0. The molecule has 1 aromatic rings. The van der Waals surface area contributed by atoms with Crippen LogP contribution in [-0.2, 0) is 0 Å². The molecule has 0 aliphatic carbocycles. The van der Waals surface area contributed by atoms with Crippen molar-refractivity contribution in [1.29, 1.82) is 0 Å².